The molecular formula is C12H21NO3S. The highest BCUT2D eigenvalue weighted by atomic mass is 32.2. The number of rotatable bonds is 6. The van der Waals surface area contributed by atoms with Gasteiger partial charge < -0.3 is 10.4 Å². The second kappa shape index (κ2) is 6.89. The molecule has 1 rings (SSSR count). The van der Waals surface area contributed by atoms with Gasteiger partial charge in [0.05, 0.1) is 5.25 Å². The van der Waals surface area contributed by atoms with E-state index in [1.165, 1.54) is 24.6 Å². The van der Waals surface area contributed by atoms with E-state index in [2.05, 4.69) is 5.32 Å². The average Bonchev–Trinajstić information content (AvgIpc) is 2.77. The minimum Gasteiger partial charge on any atom is -0.480 e. The van der Waals surface area contributed by atoms with Crippen LogP contribution in [0, 0.1) is 0 Å². The zero-order valence-corrected chi connectivity index (χ0v) is 11.3. The molecule has 0 bridgehead atoms. The molecular weight excluding hydrogens is 238 g/mol. The van der Waals surface area contributed by atoms with Gasteiger partial charge >= 0.3 is 5.97 Å². The van der Waals surface area contributed by atoms with Crippen LogP contribution in [-0.2, 0) is 9.59 Å². The normalized spacial score (nSPS) is 19.9. The van der Waals surface area contributed by atoms with Crippen molar-refractivity contribution in [3.8, 4) is 0 Å². The molecule has 1 aliphatic rings. The lowest BCUT2D eigenvalue weighted by Crippen LogP contribution is -2.38. The van der Waals surface area contributed by atoms with Crippen LogP contribution in [0.25, 0.3) is 0 Å². The molecule has 0 radical (unpaired) electrons. The van der Waals surface area contributed by atoms with Crippen LogP contribution in [-0.4, -0.2) is 33.5 Å². The van der Waals surface area contributed by atoms with Gasteiger partial charge in [-0.25, -0.2) is 0 Å². The largest absolute Gasteiger partial charge is 0.480 e. The number of carbonyl (C=O) groups excluding carboxylic acids is 1. The number of hydrogen-bond donors (Lipinski definition) is 2. The minimum atomic E-state index is -0.835. The number of thioether (sulfide) groups is 1. The Morgan fingerprint density at radius 3 is 2.47 bits per heavy atom. The number of aliphatic carboxylic acids is 1. The molecule has 17 heavy (non-hydrogen) atoms. The first kappa shape index (κ1) is 14.4. The third kappa shape index (κ3) is 4.58. The molecule has 0 aromatic heterocycles. The molecule has 0 saturated heterocycles. The smallest absolute Gasteiger partial charge is 0.316 e. The SMILES string of the molecule is CCC(SC(C)C(=O)NC1CCCC1)C(=O)O. The van der Waals surface area contributed by atoms with E-state index in [-0.39, 0.29) is 11.2 Å². The minimum absolute atomic E-state index is 0.0263. The van der Waals surface area contributed by atoms with Crippen LogP contribution < -0.4 is 5.32 Å². The summed E-state index contributed by atoms with van der Waals surface area (Å²) >= 11 is 1.23. The van der Waals surface area contributed by atoms with E-state index in [4.69, 9.17) is 5.11 Å². The van der Waals surface area contributed by atoms with E-state index in [1.807, 2.05) is 6.92 Å². The zero-order valence-electron chi connectivity index (χ0n) is 10.4. The lowest BCUT2D eigenvalue weighted by Gasteiger charge is -2.18. The number of hydrogen-bond acceptors (Lipinski definition) is 3. The summed E-state index contributed by atoms with van der Waals surface area (Å²) in [6.45, 7) is 3.61. The lowest BCUT2D eigenvalue weighted by molar-refractivity contribution is -0.136. The van der Waals surface area contributed by atoms with Crippen LogP contribution in [0.3, 0.4) is 0 Å². The third-order valence-corrected chi connectivity index (χ3v) is 4.57. The summed E-state index contributed by atoms with van der Waals surface area (Å²) in [4.78, 5) is 22.7. The van der Waals surface area contributed by atoms with Crippen molar-refractivity contribution in [3.63, 3.8) is 0 Å². The Morgan fingerprint density at radius 1 is 1.41 bits per heavy atom. The Balaban J connectivity index is 2.37. The highest BCUT2D eigenvalue weighted by molar-refractivity contribution is 8.01. The van der Waals surface area contributed by atoms with Crippen LogP contribution in [0.1, 0.15) is 46.0 Å². The molecule has 2 N–H and O–H groups in total. The fraction of sp³-hybridized carbons (Fsp3) is 0.833. The topological polar surface area (TPSA) is 66.4 Å². The number of carboxylic acid groups (broad SMARTS) is 1. The summed E-state index contributed by atoms with van der Waals surface area (Å²) < 4.78 is 0. The standard InChI is InChI=1S/C12H21NO3S/c1-3-10(12(15)16)17-8(2)11(14)13-9-6-4-5-7-9/h8-10H,3-7H2,1-2H3,(H,13,14)(H,15,16). The van der Waals surface area contributed by atoms with Gasteiger partial charge in [0.1, 0.15) is 5.25 Å². The van der Waals surface area contributed by atoms with Crippen molar-refractivity contribution in [2.24, 2.45) is 0 Å². The Kier molecular flexibility index (Phi) is 5.82. The van der Waals surface area contributed by atoms with Gasteiger partial charge in [-0.3, -0.25) is 9.59 Å². The highest BCUT2D eigenvalue weighted by Crippen LogP contribution is 2.22. The number of carboxylic acids is 1. The number of amides is 1. The molecule has 1 amide bonds. The van der Waals surface area contributed by atoms with Crippen molar-refractivity contribution in [2.45, 2.75) is 62.5 Å². The van der Waals surface area contributed by atoms with Crippen molar-refractivity contribution in [2.75, 3.05) is 0 Å². The molecule has 5 heteroatoms. The van der Waals surface area contributed by atoms with E-state index >= 15 is 0 Å². The average molecular weight is 259 g/mol. The molecule has 1 aliphatic carbocycles. The third-order valence-electron chi connectivity index (χ3n) is 3.09. The van der Waals surface area contributed by atoms with Crippen molar-refractivity contribution in [3.05, 3.63) is 0 Å². The Hall–Kier alpha value is -0.710. The molecule has 1 fully saturated rings. The Bertz CT molecular complexity index is 277. The van der Waals surface area contributed by atoms with Crippen molar-refractivity contribution in [1.29, 1.82) is 0 Å². The van der Waals surface area contributed by atoms with Crippen LogP contribution in [0.2, 0.25) is 0 Å². The summed E-state index contributed by atoms with van der Waals surface area (Å²) in [7, 11) is 0. The van der Waals surface area contributed by atoms with Gasteiger partial charge in [0.25, 0.3) is 0 Å². The fourth-order valence-electron chi connectivity index (χ4n) is 2.03. The fourth-order valence-corrected chi connectivity index (χ4v) is 3.02. The van der Waals surface area contributed by atoms with Gasteiger partial charge in [-0.05, 0) is 26.2 Å². The molecule has 0 aliphatic heterocycles. The van der Waals surface area contributed by atoms with Crippen molar-refractivity contribution in [1.82, 2.24) is 5.32 Å². The van der Waals surface area contributed by atoms with Gasteiger partial charge in [-0.1, -0.05) is 19.8 Å². The predicted molar refractivity (Wildman–Crippen MR) is 69.2 cm³/mol. The maximum absolute atomic E-state index is 11.8. The summed E-state index contributed by atoms with van der Waals surface area (Å²) in [5, 5.41) is 11.1. The van der Waals surface area contributed by atoms with E-state index in [9.17, 15) is 9.59 Å². The maximum atomic E-state index is 11.8. The molecule has 2 unspecified atom stereocenters. The molecule has 4 nitrogen and oxygen atoms in total. The quantitative estimate of drug-likeness (QED) is 0.766. The van der Waals surface area contributed by atoms with Gasteiger partial charge in [-0.2, -0.15) is 0 Å². The summed E-state index contributed by atoms with van der Waals surface area (Å²) in [6, 6.07) is 0.301. The molecule has 0 heterocycles. The van der Waals surface area contributed by atoms with E-state index < -0.39 is 11.2 Å². The first-order valence-electron chi connectivity index (χ1n) is 6.23. The van der Waals surface area contributed by atoms with Crippen molar-refractivity contribution < 1.29 is 14.7 Å². The van der Waals surface area contributed by atoms with Gasteiger partial charge in [0, 0.05) is 6.04 Å². The molecule has 0 aromatic carbocycles. The summed E-state index contributed by atoms with van der Waals surface area (Å²) in [6.07, 6.45) is 5.01. The molecule has 98 valence electrons. The van der Waals surface area contributed by atoms with Crippen LogP contribution in [0.15, 0.2) is 0 Å². The van der Waals surface area contributed by atoms with E-state index in [0.29, 0.717) is 12.5 Å². The second-order valence-corrected chi connectivity index (χ2v) is 6.05. The Morgan fingerprint density at radius 2 is 2.00 bits per heavy atom. The highest BCUT2D eigenvalue weighted by Gasteiger charge is 2.25. The van der Waals surface area contributed by atoms with Crippen LogP contribution >= 0.6 is 11.8 Å². The Labute approximate surface area is 107 Å². The molecule has 0 aromatic rings. The van der Waals surface area contributed by atoms with Gasteiger partial charge in [0.15, 0.2) is 0 Å². The van der Waals surface area contributed by atoms with Crippen LogP contribution in [0.5, 0.6) is 0 Å². The zero-order chi connectivity index (χ0) is 12.8. The van der Waals surface area contributed by atoms with E-state index in [1.54, 1.807) is 6.92 Å². The number of carbonyl (C=O) groups is 2. The first-order chi connectivity index (χ1) is 8.04. The second-order valence-electron chi connectivity index (χ2n) is 4.50. The predicted octanol–water partition coefficient (Wildman–Crippen LogP) is 2.03. The van der Waals surface area contributed by atoms with Gasteiger partial charge in [-0.15, -0.1) is 11.8 Å². The monoisotopic (exact) mass is 259 g/mol. The van der Waals surface area contributed by atoms with Crippen molar-refractivity contribution >= 4 is 23.6 Å². The maximum Gasteiger partial charge on any atom is 0.316 e. The number of nitrogens with one attached hydrogen (secondary N) is 1. The summed E-state index contributed by atoms with van der Waals surface area (Å²) in [5.41, 5.74) is 0. The van der Waals surface area contributed by atoms with Gasteiger partial charge in [0.2, 0.25) is 5.91 Å². The summed E-state index contributed by atoms with van der Waals surface area (Å²) in [5.74, 6) is -0.861. The molecule has 0 spiro atoms. The van der Waals surface area contributed by atoms with Crippen LogP contribution in [0.4, 0.5) is 0 Å². The van der Waals surface area contributed by atoms with E-state index in [0.717, 1.165) is 12.8 Å². The molecule has 2 atom stereocenters. The first-order valence-corrected chi connectivity index (χ1v) is 7.17. The molecule has 1 saturated carbocycles. The lowest BCUT2D eigenvalue weighted by atomic mass is 10.2.